The predicted octanol–water partition coefficient (Wildman–Crippen LogP) is 3.70. The molecule has 3 aromatic rings. The van der Waals surface area contributed by atoms with Gasteiger partial charge in [0.2, 0.25) is 11.8 Å². The number of esters is 1. The van der Waals surface area contributed by atoms with Crippen LogP contribution in [-0.4, -0.2) is 49.0 Å². The number of benzene rings is 3. The standard InChI is InChI=1S/C30H29N3O5/c1-37-29(35)16-25-15-26(33(30(25)36)19-28(34)32-18-22-5-3-2-4-6-22)20-38-27-13-11-24(12-14-27)23-9-7-21(17-31)8-10-23/h2-14,25-26H,15-16,18-20H2,1H3,(H,32,34)/t25-,26-/m0/s1. The minimum atomic E-state index is -0.559. The van der Waals surface area contributed by atoms with Crippen molar-refractivity contribution in [2.75, 3.05) is 20.3 Å². The smallest absolute Gasteiger partial charge is 0.306 e. The summed E-state index contributed by atoms with van der Waals surface area (Å²) in [6.45, 7) is 0.431. The van der Waals surface area contributed by atoms with Crippen molar-refractivity contribution < 1.29 is 23.9 Å². The SMILES string of the molecule is COC(=O)C[C@@H]1C[C@@H](COc2ccc(-c3ccc(C#N)cc3)cc2)N(CC(=O)NCc2ccccc2)C1=O. The molecule has 0 aliphatic carbocycles. The maximum Gasteiger partial charge on any atom is 0.306 e. The van der Waals surface area contributed by atoms with Crippen LogP contribution in [0, 0.1) is 17.2 Å². The van der Waals surface area contributed by atoms with Crippen LogP contribution in [0.25, 0.3) is 11.1 Å². The molecule has 0 spiro atoms. The first-order valence-corrected chi connectivity index (χ1v) is 12.4. The summed E-state index contributed by atoms with van der Waals surface area (Å²) in [7, 11) is 1.29. The summed E-state index contributed by atoms with van der Waals surface area (Å²) < 4.78 is 10.8. The topological polar surface area (TPSA) is 109 Å². The Morgan fingerprint density at radius 1 is 1.00 bits per heavy atom. The first-order valence-electron chi connectivity index (χ1n) is 12.4. The van der Waals surface area contributed by atoms with Gasteiger partial charge in [-0.15, -0.1) is 0 Å². The predicted molar refractivity (Wildman–Crippen MR) is 141 cm³/mol. The molecular weight excluding hydrogens is 482 g/mol. The van der Waals surface area contributed by atoms with Gasteiger partial charge >= 0.3 is 5.97 Å². The third kappa shape index (κ3) is 6.77. The molecule has 0 saturated carbocycles. The van der Waals surface area contributed by atoms with E-state index in [9.17, 15) is 14.4 Å². The monoisotopic (exact) mass is 511 g/mol. The van der Waals surface area contributed by atoms with Gasteiger partial charge in [0.25, 0.3) is 0 Å². The number of rotatable bonds is 10. The highest BCUT2D eigenvalue weighted by atomic mass is 16.5. The van der Waals surface area contributed by atoms with Crippen molar-refractivity contribution in [2.45, 2.75) is 25.4 Å². The zero-order valence-corrected chi connectivity index (χ0v) is 21.1. The van der Waals surface area contributed by atoms with Gasteiger partial charge in [0, 0.05) is 6.54 Å². The number of ether oxygens (including phenoxy) is 2. The van der Waals surface area contributed by atoms with Gasteiger partial charge in [0.05, 0.1) is 43.7 Å². The van der Waals surface area contributed by atoms with Gasteiger partial charge < -0.3 is 19.7 Å². The van der Waals surface area contributed by atoms with E-state index in [4.69, 9.17) is 14.7 Å². The first kappa shape index (κ1) is 26.4. The summed E-state index contributed by atoms with van der Waals surface area (Å²) in [5, 5.41) is 11.8. The quantitative estimate of drug-likeness (QED) is 0.416. The Balaban J connectivity index is 1.39. The zero-order valence-electron chi connectivity index (χ0n) is 21.1. The Labute approximate surface area is 221 Å². The summed E-state index contributed by atoms with van der Waals surface area (Å²) >= 11 is 0. The number of methoxy groups -OCH3 is 1. The molecular formula is C30H29N3O5. The molecule has 194 valence electrons. The third-order valence-corrected chi connectivity index (χ3v) is 6.56. The van der Waals surface area contributed by atoms with Crippen molar-refractivity contribution in [3.8, 4) is 22.9 Å². The van der Waals surface area contributed by atoms with Crippen LogP contribution in [0.4, 0.5) is 0 Å². The van der Waals surface area contributed by atoms with Gasteiger partial charge in [-0.05, 0) is 47.4 Å². The Morgan fingerprint density at radius 2 is 1.66 bits per heavy atom. The maximum absolute atomic E-state index is 13.1. The van der Waals surface area contributed by atoms with Crippen LogP contribution < -0.4 is 10.1 Å². The summed E-state index contributed by atoms with van der Waals surface area (Å²) in [6.07, 6.45) is 0.358. The van der Waals surface area contributed by atoms with Gasteiger partial charge in [-0.1, -0.05) is 54.6 Å². The molecule has 1 aliphatic heterocycles. The van der Waals surface area contributed by atoms with E-state index in [1.807, 2.05) is 66.7 Å². The average Bonchev–Trinajstić information content (AvgIpc) is 3.24. The lowest BCUT2D eigenvalue weighted by atomic mass is 10.0. The molecule has 0 bridgehead atoms. The largest absolute Gasteiger partial charge is 0.491 e. The molecule has 0 radical (unpaired) electrons. The Kier molecular flexibility index (Phi) is 8.73. The molecule has 1 saturated heterocycles. The van der Waals surface area contributed by atoms with Gasteiger partial charge in [-0.25, -0.2) is 0 Å². The van der Waals surface area contributed by atoms with Crippen molar-refractivity contribution in [1.82, 2.24) is 10.2 Å². The Bertz CT molecular complexity index is 1300. The Hall–Kier alpha value is -4.64. The van der Waals surface area contributed by atoms with Crippen molar-refractivity contribution in [1.29, 1.82) is 5.26 Å². The summed E-state index contributed by atoms with van der Waals surface area (Å²) in [5.41, 5.74) is 3.52. The molecule has 2 amide bonds. The van der Waals surface area contributed by atoms with Gasteiger partial charge in [0.1, 0.15) is 12.4 Å². The highest BCUT2D eigenvalue weighted by Crippen LogP contribution is 2.29. The van der Waals surface area contributed by atoms with Crippen LogP contribution in [0.3, 0.4) is 0 Å². The molecule has 38 heavy (non-hydrogen) atoms. The lowest BCUT2D eigenvalue weighted by Crippen LogP contribution is -2.44. The zero-order chi connectivity index (χ0) is 26.9. The van der Waals surface area contributed by atoms with Crippen LogP contribution in [0.1, 0.15) is 24.0 Å². The third-order valence-electron chi connectivity index (χ3n) is 6.56. The molecule has 8 nitrogen and oxygen atoms in total. The minimum Gasteiger partial charge on any atom is -0.491 e. The second kappa shape index (κ2) is 12.5. The van der Waals surface area contributed by atoms with Crippen LogP contribution in [-0.2, 0) is 25.7 Å². The number of carbonyl (C=O) groups is 3. The normalized spacial score (nSPS) is 16.5. The van der Waals surface area contributed by atoms with E-state index in [-0.39, 0.29) is 37.4 Å². The van der Waals surface area contributed by atoms with E-state index in [1.165, 1.54) is 12.0 Å². The van der Waals surface area contributed by atoms with E-state index in [0.29, 0.717) is 24.3 Å². The second-order valence-electron chi connectivity index (χ2n) is 9.12. The fourth-order valence-corrected chi connectivity index (χ4v) is 4.47. The fourth-order valence-electron chi connectivity index (χ4n) is 4.47. The first-order chi connectivity index (χ1) is 18.5. The molecule has 2 atom stereocenters. The van der Waals surface area contributed by atoms with E-state index in [2.05, 4.69) is 11.4 Å². The molecule has 1 heterocycles. The molecule has 8 heteroatoms. The average molecular weight is 512 g/mol. The number of nitriles is 1. The number of carbonyl (C=O) groups excluding carboxylic acids is 3. The van der Waals surface area contributed by atoms with Crippen LogP contribution >= 0.6 is 0 Å². The fraction of sp³-hybridized carbons (Fsp3) is 0.267. The van der Waals surface area contributed by atoms with Crippen LogP contribution in [0.2, 0.25) is 0 Å². The Morgan fingerprint density at radius 3 is 2.29 bits per heavy atom. The van der Waals surface area contributed by atoms with E-state index in [1.54, 1.807) is 12.1 Å². The highest BCUT2D eigenvalue weighted by Gasteiger charge is 2.41. The lowest BCUT2D eigenvalue weighted by Gasteiger charge is -2.24. The molecule has 0 unspecified atom stereocenters. The minimum absolute atomic E-state index is 0.0345. The van der Waals surface area contributed by atoms with Crippen LogP contribution in [0.15, 0.2) is 78.9 Å². The summed E-state index contributed by atoms with van der Waals surface area (Å²) in [5.74, 6) is -0.930. The molecule has 1 aliphatic rings. The second-order valence-corrected chi connectivity index (χ2v) is 9.12. The molecule has 3 aromatic carbocycles. The number of nitrogens with zero attached hydrogens (tertiary/aromatic N) is 2. The van der Waals surface area contributed by atoms with Crippen molar-refractivity contribution in [3.05, 3.63) is 90.0 Å². The number of amides is 2. The van der Waals surface area contributed by atoms with Gasteiger partial charge in [-0.3, -0.25) is 14.4 Å². The van der Waals surface area contributed by atoms with E-state index in [0.717, 1.165) is 16.7 Å². The number of nitrogens with one attached hydrogen (secondary N) is 1. The maximum atomic E-state index is 13.1. The van der Waals surface area contributed by atoms with E-state index >= 15 is 0 Å². The van der Waals surface area contributed by atoms with Crippen molar-refractivity contribution >= 4 is 17.8 Å². The van der Waals surface area contributed by atoms with Gasteiger partial charge in [-0.2, -0.15) is 5.26 Å². The number of hydrogen-bond donors (Lipinski definition) is 1. The molecule has 4 rings (SSSR count). The number of hydrogen-bond acceptors (Lipinski definition) is 6. The molecule has 1 fully saturated rings. The van der Waals surface area contributed by atoms with Crippen LogP contribution in [0.5, 0.6) is 5.75 Å². The highest BCUT2D eigenvalue weighted by molar-refractivity contribution is 5.89. The van der Waals surface area contributed by atoms with E-state index < -0.39 is 11.9 Å². The van der Waals surface area contributed by atoms with Gasteiger partial charge in [0.15, 0.2) is 0 Å². The summed E-state index contributed by atoms with van der Waals surface area (Å²) in [4.78, 5) is 39.1. The van der Waals surface area contributed by atoms with Crippen molar-refractivity contribution in [3.63, 3.8) is 0 Å². The van der Waals surface area contributed by atoms with Crippen molar-refractivity contribution in [2.24, 2.45) is 5.92 Å². The number of likely N-dealkylation sites (tertiary alicyclic amines) is 1. The molecule has 0 aromatic heterocycles. The summed E-state index contributed by atoms with van der Waals surface area (Å²) in [6, 6.07) is 26.1. The lowest BCUT2D eigenvalue weighted by molar-refractivity contribution is -0.145. The molecule has 1 N–H and O–H groups in total.